The van der Waals surface area contributed by atoms with Gasteiger partial charge in [0.1, 0.15) is 0 Å². The van der Waals surface area contributed by atoms with Crippen LogP contribution in [0.5, 0.6) is 0 Å². The van der Waals surface area contributed by atoms with Crippen LogP contribution in [0, 0.1) is 0 Å². The van der Waals surface area contributed by atoms with Crippen LogP contribution in [0.15, 0.2) is 24.3 Å². The number of benzene rings is 1. The van der Waals surface area contributed by atoms with Crippen LogP contribution in [0.3, 0.4) is 0 Å². The monoisotopic (exact) mass is 275 g/mol. The fourth-order valence-corrected chi connectivity index (χ4v) is 2.52. The molecular weight excluding hydrogens is 250 g/mol. The van der Waals surface area contributed by atoms with E-state index in [-0.39, 0.29) is 5.91 Å². The summed E-state index contributed by atoms with van der Waals surface area (Å²) in [7, 11) is 2.01. The van der Waals surface area contributed by atoms with E-state index < -0.39 is 0 Å². The minimum absolute atomic E-state index is 0.0525. The van der Waals surface area contributed by atoms with Crippen molar-refractivity contribution in [3.05, 3.63) is 29.8 Å². The number of hydrogen-bond acceptors (Lipinski definition) is 3. The molecule has 4 nitrogen and oxygen atoms in total. The summed E-state index contributed by atoms with van der Waals surface area (Å²) in [6, 6.07) is 8.58. The molecule has 1 fully saturated rings. The topological polar surface area (TPSA) is 44.4 Å². The first-order valence-electron chi connectivity index (χ1n) is 7.37. The molecule has 1 aromatic carbocycles. The fraction of sp³-hybridized carbons (Fsp3) is 0.562. The van der Waals surface area contributed by atoms with Crippen molar-refractivity contribution in [2.75, 3.05) is 32.0 Å². The lowest BCUT2D eigenvalue weighted by Crippen LogP contribution is -2.39. The maximum Gasteiger partial charge on any atom is 0.238 e. The molecule has 0 aromatic heterocycles. The van der Waals surface area contributed by atoms with Crippen molar-refractivity contribution in [3.8, 4) is 0 Å². The Balaban J connectivity index is 1.84. The molecule has 0 saturated carbocycles. The molecule has 2 rings (SSSR count). The van der Waals surface area contributed by atoms with Crippen molar-refractivity contribution in [3.63, 3.8) is 0 Å². The van der Waals surface area contributed by atoms with Crippen LogP contribution in [0.1, 0.15) is 31.7 Å². The molecule has 0 bridgehead atoms. The maximum atomic E-state index is 12.0. The Morgan fingerprint density at radius 2 is 2.10 bits per heavy atom. The summed E-state index contributed by atoms with van der Waals surface area (Å²) >= 11 is 0. The molecule has 4 heteroatoms. The normalized spacial score (nSPS) is 18.8. The summed E-state index contributed by atoms with van der Waals surface area (Å²) in [5, 5.41) is 6.28. The predicted octanol–water partition coefficient (Wildman–Crippen LogP) is 2.04. The van der Waals surface area contributed by atoms with Crippen molar-refractivity contribution in [1.82, 2.24) is 10.2 Å². The van der Waals surface area contributed by atoms with Gasteiger partial charge in [0.15, 0.2) is 0 Å². The fourth-order valence-electron chi connectivity index (χ4n) is 2.52. The largest absolute Gasteiger partial charge is 0.325 e. The SMILES string of the molecule is CC(C)c1ccc(NC(=O)CN(C)C2CCNC2)cc1. The Bertz CT molecular complexity index is 436. The van der Waals surface area contributed by atoms with E-state index in [0.717, 1.165) is 25.2 Å². The minimum Gasteiger partial charge on any atom is -0.325 e. The summed E-state index contributed by atoms with van der Waals surface area (Å²) in [6.07, 6.45) is 1.12. The van der Waals surface area contributed by atoms with Crippen LogP contribution in [0.2, 0.25) is 0 Å². The minimum atomic E-state index is 0.0525. The average molecular weight is 275 g/mol. The number of rotatable bonds is 5. The Morgan fingerprint density at radius 1 is 1.40 bits per heavy atom. The van der Waals surface area contributed by atoms with Crippen LogP contribution in [-0.4, -0.2) is 43.5 Å². The lowest BCUT2D eigenvalue weighted by molar-refractivity contribution is -0.117. The summed E-state index contributed by atoms with van der Waals surface area (Å²) < 4.78 is 0. The molecular formula is C16H25N3O. The lowest BCUT2D eigenvalue weighted by Gasteiger charge is -2.22. The number of carbonyl (C=O) groups is 1. The molecule has 1 atom stereocenters. The van der Waals surface area contributed by atoms with Crippen molar-refractivity contribution >= 4 is 11.6 Å². The zero-order valence-electron chi connectivity index (χ0n) is 12.6. The second kappa shape index (κ2) is 6.86. The number of likely N-dealkylation sites (N-methyl/N-ethyl adjacent to an activating group) is 1. The Morgan fingerprint density at radius 3 is 2.65 bits per heavy atom. The molecule has 1 aliphatic rings. The number of carbonyl (C=O) groups excluding carboxylic acids is 1. The second-order valence-corrected chi connectivity index (χ2v) is 5.89. The first kappa shape index (κ1) is 15.0. The van der Waals surface area contributed by atoms with Crippen LogP contribution in [-0.2, 0) is 4.79 Å². The molecule has 1 unspecified atom stereocenters. The summed E-state index contributed by atoms with van der Waals surface area (Å²) in [4.78, 5) is 14.1. The van der Waals surface area contributed by atoms with Gasteiger partial charge in [-0.2, -0.15) is 0 Å². The number of nitrogens with zero attached hydrogens (tertiary/aromatic N) is 1. The molecule has 1 aliphatic heterocycles. The van der Waals surface area contributed by atoms with Gasteiger partial charge in [-0.25, -0.2) is 0 Å². The zero-order valence-corrected chi connectivity index (χ0v) is 12.6. The van der Waals surface area contributed by atoms with E-state index in [2.05, 4.69) is 41.5 Å². The number of nitrogens with one attached hydrogen (secondary N) is 2. The highest BCUT2D eigenvalue weighted by Crippen LogP contribution is 2.17. The molecule has 2 N–H and O–H groups in total. The first-order chi connectivity index (χ1) is 9.56. The van der Waals surface area contributed by atoms with Crippen molar-refractivity contribution in [2.45, 2.75) is 32.2 Å². The van der Waals surface area contributed by atoms with Gasteiger partial charge in [0.2, 0.25) is 5.91 Å². The third-order valence-electron chi connectivity index (χ3n) is 3.91. The van der Waals surface area contributed by atoms with Gasteiger partial charge >= 0.3 is 0 Å². The Hall–Kier alpha value is -1.39. The second-order valence-electron chi connectivity index (χ2n) is 5.89. The van der Waals surface area contributed by atoms with E-state index in [4.69, 9.17) is 0 Å². The van der Waals surface area contributed by atoms with E-state index in [1.54, 1.807) is 0 Å². The van der Waals surface area contributed by atoms with Crippen molar-refractivity contribution < 1.29 is 4.79 Å². The zero-order chi connectivity index (χ0) is 14.5. The van der Waals surface area contributed by atoms with Crippen LogP contribution >= 0.6 is 0 Å². The average Bonchev–Trinajstić information content (AvgIpc) is 2.93. The molecule has 1 amide bonds. The number of hydrogen-bond donors (Lipinski definition) is 2. The van der Waals surface area contributed by atoms with Crippen LogP contribution < -0.4 is 10.6 Å². The van der Waals surface area contributed by atoms with E-state index in [0.29, 0.717) is 18.5 Å². The van der Waals surface area contributed by atoms with Gasteiger partial charge in [-0.05, 0) is 43.6 Å². The molecule has 110 valence electrons. The molecule has 0 spiro atoms. The van der Waals surface area contributed by atoms with Gasteiger partial charge in [-0.3, -0.25) is 9.69 Å². The molecule has 20 heavy (non-hydrogen) atoms. The highest BCUT2D eigenvalue weighted by Gasteiger charge is 2.20. The highest BCUT2D eigenvalue weighted by atomic mass is 16.2. The standard InChI is InChI=1S/C16H25N3O/c1-12(2)13-4-6-14(7-5-13)18-16(20)11-19(3)15-8-9-17-10-15/h4-7,12,15,17H,8-11H2,1-3H3,(H,18,20). The van der Waals surface area contributed by atoms with Crippen molar-refractivity contribution in [2.24, 2.45) is 0 Å². The molecule has 1 heterocycles. The molecule has 1 saturated heterocycles. The predicted molar refractivity (Wildman–Crippen MR) is 83.1 cm³/mol. The van der Waals surface area contributed by atoms with E-state index in [1.165, 1.54) is 5.56 Å². The van der Waals surface area contributed by atoms with Gasteiger partial charge < -0.3 is 10.6 Å². The molecule has 1 aromatic rings. The van der Waals surface area contributed by atoms with Gasteiger partial charge in [0.25, 0.3) is 0 Å². The van der Waals surface area contributed by atoms with Crippen LogP contribution in [0.4, 0.5) is 5.69 Å². The van der Waals surface area contributed by atoms with E-state index in [1.807, 2.05) is 19.2 Å². The Labute approximate surface area is 121 Å². The summed E-state index contributed by atoms with van der Waals surface area (Å²) in [5.74, 6) is 0.567. The number of anilines is 1. The molecule has 0 aliphatic carbocycles. The van der Waals surface area contributed by atoms with E-state index >= 15 is 0 Å². The smallest absolute Gasteiger partial charge is 0.238 e. The highest BCUT2D eigenvalue weighted by molar-refractivity contribution is 5.92. The quantitative estimate of drug-likeness (QED) is 0.864. The van der Waals surface area contributed by atoms with Crippen LogP contribution in [0.25, 0.3) is 0 Å². The summed E-state index contributed by atoms with van der Waals surface area (Å²) in [6.45, 7) is 6.80. The molecule has 0 radical (unpaired) electrons. The third kappa shape index (κ3) is 4.05. The first-order valence-corrected chi connectivity index (χ1v) is 7.37. The van der Waals surface area contributed by atoms with E-state index in [9.17, 15) is 4.79 Å². The lowest BCUT2D eigenvalue weighted by atomic mass is 10.0. The third-order valence-corrected chi connectivity index (χ3v) is 3.91. The van der Waals surface area contributed by atoms with Gasteiger partial charge in [-0.1, -0.05) is 26.0 Å². The Kier molecular flexibility index (Phi) is 5.15. The van der Waals surface area contributed by atoms with Crippen molar-refractivity contribution in [1.29, 1.82) is 0 Å². The summed E-state index contributed by atoms with van der Waals surface area (Å²) in [5.41, 5.74) is 2.16. The van der Waals surface area contributed by atoms with Gasteiger partial charge in [0, 0.05) is 18.3 Å². The van der Waals surface area contributed by atoms with Gasteiger partial charge in [-0.15, -0.1) is 0 Å². The van der Waals surface area contributed by atoms with Gasteiger partial charge in [0.05, 0.1) is 6.54 Å². The number of amides is 1. The maximum absolute atomic E-state index is 12.0.